The van der Waals surface area contributed by atoms with Crippen molar-refractivity contribution < 1.29 is 34.4 Å². The van der Waals surface area contributed by atoms with Gasteiger partial charge in [0, 0.05) is 46.9 Å². The average molecular weight is 960 g/mol. The van der Waals surface area contributed by atoms with E-state index in [1.807, 2.05) is 95.6 Å². The summed E-state index contributed by atoms with van der Waals surface area (Å²) in [4.78, 5) is 10.2. The fourth-order valence-electron chi connectivity index (χ4n) is 7.63. The molecule has 0 atom stereocenters. The molecule has 0 bridgehead atoms. The fourth-order valence-corrected chi connectivity index (χ4v) is 7.63. The van der Waals surface area contributed by atoms with Gasteiger partial charge in [-0.2, -0.15) is 0 Å². The van der Waals surface area contributed by atoms with Crippen LogP contribution in [0.5, 0.6) is 5.75 Å². The molecule has 0 aliphatic rings. The number of aromatic hydroxyl groups is 1. The van der Waals surface area contributed by atoms with Gasteiger partial charge in [-0.05, 0) is 100 Å². The first-order valence-corrected chi connectivity index (χ1v) is 19.9. The van der Waals surface area contributed by atoms with Crippen LogP contribution in [0, 0.1) is 19.8 Å². The summed E-state index contributed by atoms with van der Waals surface area (Å²) < 4.78 is 51.5. The molecule has 0 saturated carbocycles. The Labute approximate surface area is 372 Å². The minimum Gasteiger partial charge on any atom is -0.507 e. The van der Waals surface area contributed by atoms with Crippen molar-refractivity contribution >= 4 is 11.0 Å². The molecule has 0 amide bonds. The molecule has 8 aromatic rings. The monoisotopic (exact) mass is 959 g/mol. The molecule has 0 aliphatic carbocycles. The third-order valence-corrected chi connectivity index (χ3v) is 11.0. The number of aromatic nitrogens is 3. The van der Waals surface area contributed by atoms with E-state index in [1.165, 1.54) is 0 Å². The topological polar surface area (TPSA) is 50.9 Å². The second-order valence-electron chi connectivity index (χ2n) is 16.8. The number of fused-ring (bicyclic) bond motifs is 1. The number of pyridine rings is 1. The van der Waals surface area contributed by atoms with Crippen LogP contribution >= 0.6 is 0 Å². The Hall–Kier alpha value is -5.57. The predicted octanol–water partition coefficient (Wildman–Crippen LogP) is 14.4. The zero-order chi connectivity index (χ0) is 45.9. The average Bonchev–Trinajstić information content (AvgIpc) is 3.65. The van der Waals surface area contributed by atoms with Crippen LogP contribution in [0.25, 0.3) is 72.7 Å². The Kier molecular flexibility index (Phi) is 9.65. The van der Waals surface area contributed by atoms with Crippen molar-refractivity contribution in [2.45, 2.75) is 79.4 Å². The number of para-hydroxylation sites is 1. The van der Waals surface area contributed by atoms with Crippen LogP contribution in [-0.4, -0.2) is 19.6 Å². The van der Waals surface area contributed by atoms with Crippen molar-refractivity contribution in [3.05, 3.63) is 167 Å². The quantitative estimate of drug-likeness (QED) is 0.154. The maximum atomic E-state index is 12.1. The van der Waals surface area contributed by atoms with Crippen molar-refractivity contribution in [1.82, 2.24) is 14.5 Å². The van der Waals surface area contributed by atoms with E-state index in [-0.39, 0.29) is 55.2 Å². The normalized spacial score (nSPS) is 13.6. The van der Waals surface area contributed by atoms with Crippen molar-refractivity contribution in [1.29, 1.82) is 0 Å². The Balaban J connectivity index is 0.00000630. The molecule has 0 fully saturated rings. The van der Waals surface area contributed by atoms with Gasteiger partial charge in [0.1, 0.15) is 11.6 Å². The number of phenols is 1. The van der Waals surface area contributed by atoms with Gasteiger partial charge in [-0.1, -0.05) is 150 Å². The number of benzene rings is 6. The number of imidazole rings is 1. The van der Waals surface area contributed by atoms with Gasteiger partial charge < -0.3 is 5.11 Å². The fraction of sp³-hybridized carbons (Fsp3) is 0.222. The van der Waals surface area contributed by atoms with Crippen molar-refractivity contribution in [3.63, 3.8) is 0 Å². The van der Waals surface area contributed by atoms with E-state index >= 15 is 0 Å². The largest absolute Gasteiger partial charge is 0.507 e. The molecule has 5 heteroatoms. The number of hydrogen-bond acceptors (Lipinski definition) is 3. The molecular weight excluding hydrogens is 902 g/mol. The van der Waals surface area contributed by atoms with E-state index < -0.39 is 13.7 Å². The van der Waals surface area contributed by atoms with E-state index in [9.17, 15) is 5.11 Å². The van der Waals surface area contributed by atoms with Crippen LogP contribution in [0.1, 0.15) is 96.3 Å². The first kappa shape index (κ1) is 34.3. The summed E-state index contributed by atoms with van der Waals surface area (Å²) >= 11 is 0. The van der Waals surface area contributed by atoms with Gasteiger partial charge in [0.2, 0.25) is 0 Å². The Morgan fingerprint density at radius 2 is 1.44 bits per heavy atom. The molecule has 59 heavy (non-hydrogen) atoms. The SMILES string of the molecule is [2H]C([2H])([2H])c1ccc(-c2ccnc(-c3[c-]c(-c4cccc5c4nc(-c4cc(C(C)C)cc(C(C)C)c4O)n5-c4ccc(-c5ccccc5)c(C([2H])([2H])[2H])c4)cc(C(C)(C)C)c3)c2)cc1.[Pt]. The molecule has 2 heterocycles. The van der Waals surface area contributed by atoms with E-state index in [0.29, 0.717) is 33.8 Å². The molecule has 300 valence electrons. The Morgan fingerprint density at radius 1 is 0.678 bits per heavy atom. The molecule has 6 aromatic carbocycles. The molecule has 4 nitrogen and oxygen atoms in total. The first-order chi connectivity index (χ1) is 30.2. The number of rotatable bonds is 8. The predicted molar refractivity (Wildman–Crippen MR) is 243 cm³/mol. The van der Waals surface area contributed by atoms with Crippen LogP contribution in [0.4, 0.5) is 0 Å². The number of nitrogens with zero attached hydrogens (tertiary/aromatic N) is 3. The standard InChI is InChI=1S/C54H52N3O.Pt/c1-33(2)40-30-47(34(3)4)52(58)48(31-40)53-56-51-46(16-13-17-50(51)57(53)44-22-23-45(36(6)26-44)38-14-11-10-12-15-38)41-27-42(29-43(28-41)54(7,8)9)49-32-39(24-25-55-49)37-20-18-35(5)19-21-37;/h10-26,28-34,58H,1-9H3;/q-1;/i5D3,6D3;. The van der Waals surface area contributed by atoms with Crippen molar-refractivity contribution in [2.75, 3.05) is 0 Å². The van der Waals surface area contributed by atoms with Gasteiger partial charge in [0.25, 0.3) is 0 Å². The van der Waals surface area contributed by atoms with E-state index in [1.54, 1.807) is 24.4 Å². The smallest absolute Gasteiger partial charge is 0.148 e. The van der Waals surface area contributed by atoms with Gasteiger partial charge in [-0.3, -0.25) is 9.55 Å². The molecule has 0 spiro atoms. The molecular formula is C54H52N3OPt-. The Morgan fingerprint density at radius 3 is 2.14 bits per heavy atom. The van der Waals surface area contributed by atoms with Crippen LogP contribution in [0.3, 0.4) is 0 Å². The summed E-state index contributed by atoms with van der Waals surface area (Å²) in [7, 11) is 0. The van der Waals surface area contributed by atoms with Crippen LogP contribution in [-0.2, 0) is 26.5 Å². The third-order valence-electron chi connectivity index (χ3n) is 11.0. The minimum absolute atomic E-state index is 0. The summed E-state index contributed by atoms with van der Waals surface area (Å²) in [6.45, 7) is 10.2. The summed E-state index contributed by atoms with van der Waals surface area (Å²) in [6.07, 6.45) is 1.76. The summed E-state index contributed by atoms with van der Waals surface area (Å²) in [5.41, 5.74) is 12.0. The second-order valence-corrected chi connectivity index (χ2v) is 16.8. The van der Waals surface area contributed by atoms with Gasteiger partial charge in [0.05, 0.1) is 16.6 Å². The van der Waals surface area contributed by atoms with Crippen molar-refractivity contribution in [3.8, 4) is 67.5 Å². The Bertz CT molecular complexity index is 3020. The molecule has 0 saturated heterocycles. The van der Waals surface area contributed by atoms with Gasteiger partial charge in [-0.25, -0.2) is 4.98 Å². The van der Waals surface area contributed by atoms with Gasteiger partial charge >= 0.3 is 0 Å². The maximum Gasteiger partial charge on any atom is 0.148 e. The molecule has 2 aromatic heterocycles. The van der Waals surface area contributed by atoms with Crippen LogP contribution in [0.15, 0.2) is 134 Å². The molecule has 1 N–H and O–H groups in total. The molecule has 0 aliphatic heterocycles. The molecule has 0 radical (unpaired) electrons. The summed E-state index contributed by atoms with van der Waals surface area (Å²) in [6, 6.07) is 43.9. The van der Waals surface area contributed by atoms with Gasteiger partial charge in [-0.15, -0.1) is 29.3 Å². The van der Waals surface area contributed by atoms with E-state index in [0.717, 1.165) is 55.6 Å². The maximum absolute atomic E-state index is 12.1. The summed E-state index contributed by atoms with van der Waals surface area (Å²) in [5, 5.41) is 12.1. The van der Waals surface area contributed by atoms with Crippen molar-refractivity contribution in [2.24, 2.45) is 0 Å². The summed E-state index contributed by atoms with van der Waals surface area (Å²) in [5.74, 6) is 0.801. The van der Waals surface area contributed by atoms with Crippen LogP contribution < -0.4 is 0 Å². The molecule has 0 unspecified atom stereocenters. The number of aryl methyl sites for hydroxylation is 2. The van der Waals surface area contributed by atoms with E-state index in [4.69, 9.17) is 18.2 Å². The zero-order valence-corrected chi connectivity index (χ0v) is 36.7. The molecule has 8 rings (SSSR count). The van der Waals surface area contributed by atoms with Gasteiger partial charge in [0.15, 0.2) is 0 Å². The zero-order valence-electron chi connectivity index (χ0n) is 40.5. The second kappa shape index (κ2) is 16.6. The first-order valence-electron chi connectivity index (χ1n) is 22.9. The number of phenolic OH excluding ortho intramolecular Hbond substituents is 1. The number of hydrogen-bond donors (Lipinski definition) is 1. The van der Waals surface area contributed by atoms with Crippen LogP contribution in [0.2, 0.25) is 0 Å². The third kappa shape index (κ3) is 8.21. The minimum atomic E-state index is -2.43. The van der Waals surface area contributed by atoms with E-state index in [2.05, 4.69) is 72.7 Å².